The number of likely N-dealkylation sites (tertiary alicyclic amines) is 1. The van der Waals surface area contributed by atoms with Gasteiger partial charge in [-0.3, -0.25) is 9.80 Å². The number of rotatable bonds is 2. The van der Waals surface area contributed by atoms with Crippen LogP contribution in [-0.4, -0.2) is 36.1 Å². The summed E-state index contributed by atoms with van der Waals surface area (Å²) in [4.78, 5) is 17.2. The summed E-state index contributed by atoms with van der Waals surface area (Å²) >= 11 is 0. The van der Waals surface area contributed by atoms with Gasteiger partial charge in [0.25, 0.3) is 0 Å². The highest BCUT2D eigenvalue weighted by Crippen LogP contribution is 2.47. The van der Waals surface area contributed by atoms with Crippen molar-refractivity contribution in [2.24, 2.45) is 0 Å². The van der Waals surface area contributed by atoms with E-state index in [2.05, 4.69) is 16.3 Å². The molecule has 0 saturated carbocycles. The number of hydrogen-bond acceptors (Lipinski definition) is 3. The van der Waals surface area contributed by atoms with Gasteiger partial charge in [-0.2, -0.15) is 5.26 Å². The van der Waals surface area contributed by atoms with Gasteiger partial charge in [0, 0.05) is 29.7 Å². The van der Waals surface area contributed by atoms with Crippen molar-refractivity contribution < 1.29 is 9.18 Å². The molecule has 1 fully saturated rings. The van der Waals surface area contributed by atoms with Crippen LogP contribution in [-0.2, 0) is 12.0 Å². The molecule has 162 valence electrons. The van der Waals surface area contributed by atoms with Gasteiger partial charge in [0.15, 0.2) is 0 Å². The smallest absolute Gasteiger partial charge is 0.322 e. The second kappa shape index (κ2) is 7.97. The van der Waals surface area contributed by atoms with Crippen molar-refractivity contribution in [2.45, 2.75) is 51.1 Å². The maximum Gasteiger partial charge on any atom is 0.322 e. The van der Waals surface area contributed by atoms with Crippen LogP contribution in [0.3, 0.4) is 0 Å². The van der Waals surface area contributed by atoms with E-state index in [4.69, 9.17) is 5.26 Å². The average Bonchev–Trinajstić information content (AvgIpc) is 3.03. The first kappa shape index (κ1) is 21.3. The van der Waals surface area contributed by atoms with Crippen molar-refractivity contribution in [3.63, 3.8) is 0 Å². The van der Waals surface area contributed by atoms with Crippen LogP contribution in [0.1, 0.15) is 50.3 Å². The van der Waals surface area contributed by atoms with Crippen molar-refractivity contribution in [1.82, 2.24) is 10.2 Å². The minimum absolute atomic E-state index is 0.128. The lowest BCUT2D eigenvalue weighted by atomic mass is 9.74. The summed E-state index contributed by atoms with van der Waals surface area (Å²) in [7, 11) is 0. The van der Waals surface area contributed by atoms with Crippen molar-refractivity contribution >= 4 is 11.7 Å². The number of anilines is 1. The number of urea groups is 1. The van der Waals surface area contributed by atoms with Crippen LogP contribution in [0.4, 0.5) is 14.9 Å². The lowest BCUT2D eigenvalue weighted by Crippen LogP contribution is -2.51. The van der Waals surface area contributed by atoms with E-state index in [-0.39, 0.29) is 22.8 Å². The van der Waals surface area contributed by atoms with Gasteiger partial charge >= 0.3 is 6.03 Å². The monoisotopic (exact) mass is 420 g/mol. The molecule has 2 amide bonds. The zero-order chi connectivity index (χ0) is 22.2. The molecular formula is C25H29FN4O. The zero-order valence-corrected chi connectivity index (χ0v) is 18.4. The van der Waals surface area contributed by atoms with Gasteiger partial charge in [-0.05, 0) is 88.2 Å². The largest absolute Gasteiger partial charge is 0.333 e. The number of benzene rings is 2. The molecule has 0 radical (unpaired) electrons. The number of piperidine rings is 1. The Balaban J connectivity index is 1.51. The SMILES string of the molecule is CC(C)(C)NC(=O)N1CC2(CCN(Cc3ccc(C#N)cc3)CC2)c2cc(F)ccc21. The number of amides is 2. The third kappa shape index (κ3) is 4.42. The van der Waals surface area contributed by atoms with E-state index < -0.39 is 0 Å². The Labute approximate surface area is 183 Å². The fourth-order valence-corrected chi connectivity index (χ4v) is 4.72. The van der Waals surface area contributed by atoms with Crippen molar-refractivity contribution in [3.8, 4) is 6.07 Å². The topological polar surface area (TPSA) is 59.4 Å². The number of halogens is 1. The minimum Gasteiger partial charge on any atom is -0.333 e. The molecule has 0 aliphatic carbocycles. The summed E-state index contributed by atoms with van der Waals surface area (Å²) in [5.74, 6) is -0.254. The number of fused-ring (bicyclic) bond motifs is 2. The highest BCUT2D eigenvalue weighted by Gasteiger charge is 2.46. The molecule has 6 heteroatoms. The van der Waals surface area contributed by atoms with Gasteiger partial charge in [0.2, 0.25) is 0 Å². The Morgan fingerprint density at radius 3 is 2.45 bits per heavy atom. The highest BCUT2D eigenvalue weighted by molar-refractivity contribution is 5.95. The van der Waals surface area contributed by atoms with E-state index in [9.17, 15) is 9.18 Å². The fourth-order valence-electron chi connectivity index (χ4n) is 4.72. The molecular weight excluding hydrogens is 391 g/mol. The van der Waals surface area contributed by atoms with Crippen LogP contribution in [0.25, 0.3) is 0 Å². The molecule has 2 aliphatic heterocycles. The predicted octanol–water partition coefficient (Wildman–Crippen LogP) is 4.56. The zero-order valence-electron chi connectivity index (χ0n) is 18.4. The normalized spacial score (nSPS) is 18.0. The molecule has 0 bridgehead atoms. The van der Waals surface area contributed by atoms with Crippen molar-refractivity contribution in [3.05, 3.63) is 65.0 Å². The molecule has 0 unspecified atom stereocenters. The second-order valence-electron chi connectivity index (χ2n) is 9.79. The van der Waals surface area contributed by atoms with E-state index in [1.165, 1.54) is 11.6 Å². The standard InChI is InChI=1S/C25H29FN4O/c1-24(2,3)28-23(31)30-17-25(21-14-20(26)8-9-22(21)30)10-12-29(13-11-25)16-19-6-4-18(15-27)5-7-19/h4-9,14H,10-13,16-17H2,1-3H3,(H,28,31). The lowest BCUT2D eigenvalue weighted by Gasteiger charge is -2.40. The molecule has 1 N–H and O–H groups in total. The third-order valence-electron chi connectivity index (χ3n) is 6.31. The molecule has 1 spiro atoms. The molecule has 2 heterocycles. The number of carbonyl (C=O) groups excluding carboxylic acids is 1. The highest BCUT2D eigenvalue weighted by atomic mass is 19.1. The molecule has 0 atom stereocenters. The van der Waals surface area contributed by atoms with Gasteiger partial charge in [-0.1, -0.05) is 12.1 Å². The third-order valence-corrected chi connectivity index (χ3v) is 6.31. The minimum atomic E-state index is -0.336. The van der Waals surface area contributed by atoms with E-state index >= 15 is 0 Å². The van der Waals surface area contributed by atoms with Crippen molar-refractivity contribution in [1.29, 1.82) is 5.26 Å². The average molecular weight is 421 g/mol. The molecule has 2 aromatic carbocycles. The van der Waals surface area contributed by atoms with Gasteiger partial charge in [0.05, 0.1) is 11.6 Å². The summed E-state index contributed by atoms with van der Waals surface area (Å²) in [6.07, 6.45) is 1.75. The molecule has 2 aliphatic rings. The number of nitrogens with one attached hydrogen (secondary N) is 1. The summed E-state index contributed by atoms with van der Waals surface area (Å²) in [5.41, 5.74) is 3.07. The number of nitrogens with zero attached hydrogens (tertiary/aromatic N) is 3. The van der Waals surface area contributed by atoms with Gasteiger partial charge in [-0.15, -0.1) is 0 Å². The van der Waals surface area contributed by atoms with Crippen LogP contribution in [0.15, 0.2) is 42.5 Å². The van der Waals surface area contributed by atoms with E-state index in [1.807, 2.05) is 45.0 Å². The first-order valence-corrected chi connectivity index (χ1v) is 10.8. The molecule has 31 heavy (non-hydrogen) atoms. The summed E-state index contributed by atoms with van der Waals surface area (Å²) in [6.45, 7) is 9.05. The summed E-state index contributed by atoms with van der Waals surface area (Å²) in [6, 6.07) is 14.5. The van der Waals surface area contributed by atoms with Gasteiger partial charge in [-0.25, -0.2) is 9.18 Å². The first-order valence-electron chi connectivity index (χ1n) is 10.8. The number of nitriles is 1. The Bertz CT molecular complexity index is 1010. The number of carbonyl (C=O) groups is 1. The van der Waals surface area contributed by atoms with Crippen LogP contribution in [0, 0.1) is 17.1 Å². The van der Waals surface area contributed by atoms with Crippen LogP contribution >= 0.6 is 0 Å². The summed E-state index contributed by atoms with van der Waals surface area (Å²) in [5, 5.41) is 12.0. The van der Waals surface area contributed by atoms with E-state index in [0.717, 1.165) is 43.7 Å². The maximum absolute atomic E-state index is 14.2. The summed E-state index contributed by atoms with van der Waals surface area (Å²) < 4.78 is 14.2. The molecule has 4 rings (SSSR count). The van der Waals surface area contributed by atoms with Crippen LogP contribution in [0.2, 0.25) is 0 Å². The molecule has 2 aromatic rings. The van der Waals surface area contributed by atoms with E-state index in [1.54, 1.807) is 17.0 Å². The van der Waals surface area contributed by atoms with Gasteiger partial charge < -0.3 is 5.32 Å². The second-order valence-corrected chi connectivity index (χ2v) is 9.79. The lowest BCUT2D eigenvalue weighted by molar-refractivity contribution is 0.159. The van der Waals surface area contributed by atoms with E-state index in [0.29, 0.717) is 12.1 Å². The predicted molar refractivity (Wildman–Crippen MR) is 119 cm³/mol. The molecule has 5 nitrogen and oxygen atoms in total. The van der Waals surface area contributed by atoms with Gasteiger partial charge in [0.1, 0.15) is 5.82 Å². The Morgan fingerprint density at radius 1 is 1.16 bits per heavy atom. The maximum atomic E-state index is 14.2. The molecule has 1 saturated heterocycles. The Hall–Kier alpha value is -2.91. The van der Waals surface area contributed by atoms with Crippen LogP contribution < -0.4 is 10.2 Å². The fraction of sp³-hybridized carbons (Fsp3) is 0.440. The molecule has 0 aromatic heterocycles. The van der Waals surface area contributed by atoms with Crippen LogP contribution in [0.5, 0.6) is 0 Å². The number of hydrogen-bond donors (Lipinski definition) is 1. The first-order chi connectivity index (χ1) is 14.7. The van der Waals surface area contributed by atoms with Crippen molar-refractivity contribution in [2.75, 3.05) is 24.5 Å². The quantitative estimate of drug-likeness (QED) is 0.775. The Morgan fingerprint density at radius 2 is 1.84 bits per heavy atom. The Kier molecular flexibility index (Phi) is 5.49.